The fraction of sp³-hybridized carbons (Fsp3) is 0.381. The number of anilines is 1. The summed E-state index contributed by atoms with van der Waals surface area (Å²) >= 11 is 0. The number of ketones is 1. The Kier molecular flexibility index (Phi) is 5.00. The summed E-state index contributed by atoms with van der Waals surface area (Å²) in [7, 11) is 0. The predicted molar refractivity (Wildman–Crippen MR) is 109 cm³/mol. The van der Waals surface area contributed by atoms with Gasteiger partial charge in [-0.1, -0.05) is 18.2 Å². The maximum absolute atomic E-state index is 13.0. The average Bonchev–Trinajstić information content (AvgIpc) is 3.30. The van der Waals surface area contributed by atoms with Gasteiger partial charge in [-0.25, -0.2) is 5.10 Å². The summed E-state index contributed by atoms with van der Waals surface area (Å²) in [5.74, 6) is 0.795. The van der Waals surface area contributed by atoms with Crippen LogP contribution in [-0.4, -0.2) is 63.2 Å². The van der Waals surface area contributed by atoms with Crippen molar-refractivity contribution in [3.05, 3.63) is 59.2 Å². The zero-order valence-corrected chi connectivity index (χ0v) is 16.6. The molecule has 0 radical (unpaired) electrons. The minimum absolute atomic E-state index is 0.156. The number of rotatable bonds is 5. The number of hydrogen-bond acceptors (Lipinski definition) is 5. The molecule has 0 atom stereocenters. The predicted octanol–water partition coefficient (Wildman–Crippen LogP) is 2.53. The fourth-order valence-corrected chi connectivity index (χ4v) is 4.03. The van der Waals surface area contributed by atoms with Crippen LogP contribution < -0.4 is 4.90 Å². The lowest BCUT2D eigenvalue weighted by Crippen LogP contribution is -2.48. The highest BCUT2D eigenvalue weighted by Crippen LogP contribution is 2.22. The minimum Gasteiger partial charge on any atom is -0.369 e. The normalized spacial score (nSPS) is 15.2. The summed E-state index contributed by atoms with van der Waals surface area (Å²) < 4.78 is 1.94. The topological polar surface area (TPSA) is 70.1 Å². The average molecular weight is 378 g/mol. The second kappa shape index (κ2) is 7.59. The molecule has 0 saturated carbocycles. The molecule has 0 bridgehead atoms. The van der Waals surface area contributed by atoms with E-state index in [0.717, 1.165) is 43.1 Å². The van der Waals surface area contributed by atoms with E-state index in [-0.39, 0.29) is 5.78 Å². The van der Waals surface area contributed by atoms with Crippen molar-refractivity contribution in [1.29, 1.82) is 0 Å². The molecule has 1 fully saturated rings. The molecular formula is C21H26N6O. The summed E-state index contributed by atoms with van der Waals surface area (Å²) in [5, 5.41) is 6.78. The van der Waals surface area contributed by atoms with Crippen LogP contribution in [0.3, 0.4) is 0 Å². The molecule has 3 heterocycles. The zero-order chi connectivity index (χ0) is 19.7. The van der Waals surface area contributed by atoms with Gasteiger partial charge in [0.2, 0.25) is 5.95 Å². The van der Waals surface area contributed by atoms with Crippen LogP contribution in [-0.2, 0) is 0 Å². The van der Waals surface area contributed by atoms with Gasteiger partial charge in [0, 0.05) is 48.8 Å². The van der Waals surface area contributed by atoms with E-state index in [2.05, 4.69) is 56.2 Å². The van der Waals surface area contributed by atoms with Crippen molar-refractivity contribution in [1.82, 2.24) is 24.6 Å². The van der Waals surface area contributed by atoms with Crippen LogP contribution in [0.5, 0.6) is 0 Å². The van der Waals surface area contributed by atoms with Crippen molar-refractivity contribution in [3.63, 3.8) is 0 Å². The van der Waals surface area contributed by atoms with Gasteiger partial charge in [0.25, 0.3) is 0 Å². The molecule has 0 spiro atoms. The molecule has 146 valence electrons. The van der Waals surface area contributed by atoms with Crippen LogP contribution in [0, 0.1) is 20.8 Å². The summed E-state index contributed by atoms with van der Waals surface area (Å²) in [5.41, 5.74) is 5.23. The van der Waals surface area contributed by atoms with Crippen LogP contribution in [0.25, 0.3) is 5.95 Å². The Morgan fingerprint density at radius 2 is 1.86 bits per heavy atom. The molecule has 3 aromatic rings. The summed E-state index contributed by atoms with van der Waals surface area (Å²) in [6, 6.07) is 10.4. The lowest BCUT2D eigenvalue weighted by atomic mass is 10.1. The van der Waals surface area contributed by atoms with Crippen molar-refractivity contribution in [2.45, 2.75) is 20.8 Å². The second-order valence-electron chi connectivity index (χ2n) is 7.40. The Bertz CT molecular complexity index is 967. The van der Waals surface area contributed by atoms with Gasteiger partial charge in [-0.3, -0.25) is 14.3 Å². The van der Waals surface area contributed by atoms with Gasteiger partial charge >= 0.3 is 0 Å². The van der Waals surface area contributed by atoms with Crippen LogP contribution in [0.2, 0.25) is 0 Å². The van der Waals surface area contributed by atoms with E-state index in [1.165, 1.54) is 17.6 Å². The van der Waals surface area contributed by atoms with E-state index in [9.17, 15) is 4.79 Å². The van der Waals surface area contributed by atoms with Crippen molar-refractivity contribution >= 4 is 11.5 Å². The summed E-state index contributed by atoms with van der Waals surface area (Å²) in [6.07, 6.45) is 1.48. The highest BCUT2D eigenvalue weighted by Gasteiger charge is 2.23. The minimum atomic E-state index is 0.156. The van der Waals surface area contributed by atoms with Crippen LogP contribution in [0.4, 0.5) is 5.69 Å². The summed E-state index contributed by atoms with van der Waals surface area (Å²) in [4.78, 5) is 21.8. The van der Waals surface area contributed by atoms with E-state index < -0.39 is 0 Å². The van der Waals surface area contributed by atoms with Crippen molar-refractivity contribution in [3.8, 4) is 5.95 Å². The number of piperazine rings is 1. The lowest BCUT2D eigenvalue weighted by molar-refractivity contribution is 0.0926. The molecule has 7 nitrogen and oxygen atoms in total. The maximum Gasteiger partial charge on any atom is 0.229 e. The summed E-state index contributed by atoms with van der Waals surface area (Å²) in [6.45, 7) is 10.2. The molecule has 1 aromatic carbocycles. The lowest BCUT2D eigenvalue weighted by Gasteiger charge is -2.36. The first-order valence-electron chi connectivity index (χ1n) is 9.65. The Hall–Kier alpha value is -2.93. The van der Waals surface area contributed by atoms with Crippen molar-refractivity contribution in [2.75, 3.05) is 37.6 Å². The molecule has 0 aliphatic carbocycles. The van der Waals surface area contributed by atoms with Gasteiger partial charge in [0.1, 0.15) is 6.33 Å². The molecule has 4 rings (SSSR count). The quantitative estimate of drug-likeness (QED) is 0.691. The van der Waals surface area contributed by atoms with E-state index >= 15 is 0 Å². The number of nitrogens with zero attached hydrogens (tertiary/aromatic N) is 5. The number of carbonyl (C=O) groups is 1. The van der Waals surface area contributed by atoms with Gasteiger partial charge in [-0.2, -0.15) is 10.1 Å². The second-order valence-corrected chi connectivity index (χ2v) is 7.40. The van der Waals surface area contributed by atoms with Crippen LogP contribution in [0.1, 0.15) is 27.3 Å². The van der Waals surface area contributed by atoms with Crippen LogP contribution >= 0.6 is 0 Å². The van der Waals surface area contributed by atoms with E-state index in [0.29, 0.717) is 12.5 Å². The van der Waals surface area contributed by atoms with E-state index in [1.54, 1.807) is 0 Å². The monoisotopic (exact) mass is 378 g/mol. The number of para-hydroxylation sites is 1. The SMILES string of the molecule is Cc1ccccc1N1CCN(CC(=O)c2cc(C)n(-c3ncn[nH]3)c2C)CC1. The largest absolute Gasteiger partial charge is 0.369 e. The Labute approximate surface area is 165 Å². The first-order valence-corrected chi connectivity index (χ1v) is 9.65. The van der Waals surface area contributed by atoms with Gasteiger partial charge in [-0.15, -0.1) is 0 Å². The molecule has 1 aliphatic heterocycles. The van der Waals surface area contributed by atoms with Crippen molar-refractivity contribution in [2.24, 2.45) is 0 Å². The standard InChI is InChI=1S/C21H26N6O/c1-15-6-4-5-7-19(15)26-10-8-25(9-11-26)13-20(28)18-12-16(2)27(17(18)3)21-22-14-23-24-21/h4-7,12,14H,8-11,13H2,1-3H3,(H,22,23,24). The van der Waals surface area contributed by atoms with Gasteiger partial charge < -0.3 is 4.90 Å². The first-order chi connectivity index (χ1) is 13.5. The van der Waals surface area contributed by atoms with Gasteiger partial charge in [-0.05, 0) is 38.5 Å². The molecule has 1 saturated heterocycles. The highest BCUT2D eigenvalue weighted by atomic mass is 16.1. The molecule has 1 aliphatic rings. The number of aromatic amines is 1. The molecule has 0 amide bonds. The Balaban J connectivity index is 1.42. The van der Waals surface area contributed by atoms with Gasteiger partial charge in [0.05, 0.1) is 6.54 Å². The van der Waals surface area contributed by atoms with Crippen LogP contribution in [0.15, 0.2) is 36.7 Å². The molecule has 7 heteroatoms. The number of Topliss-reactive ketones (excluding diaryl/α,β-unsaturated/α-hetero) is 1. The number of carbonyl (C=O) groups excluding carboxylic acids is 1. The smallest absolute Gasteiger partial charge is 0.229 e. The molecule has 28 heavy (non-hydrogen) atoms. The molecule has 1 N–H and O–H groups in total. The number of nitrogens with one attached hydrogen (secondary N) is 1. The molecule has 0 unspecified atom stereocenters. The Morgan fingerprint density at radius 3 is 2.54 bits per heavy atom. The van der Waals surface area contributed by atoms with Gasteiger partial charge in [0.15, 0.2) is 5.78 Å². The fourth-order valence-electron chi connectivity index (χ4n) is 4.03. The molecule has 2 aromatic heterocycles. The number of H-pyrrole nitrogens is 1. The first kappa shape index (κ1) is 18.4. The maximum atomic E-state index is 13.0. The third-order valence-corrected chi connectivity index (χ3v) is 5.54. The third-order valence-electron chi connectivity index (χ3n) is 5.54. The van der Waals surface area contributed by atoms with E-state index in [1.807, 2.05) is 24.5 Å². The number of aryl methyl sites for hydroxylation is 2. The number of aromatic nitrogens is 4. The zero-order valence-electron chi connectivity index (χ0n) is 16.6. The van der Waals surface area contributed by atoms with E-state index in [4.69, 9.17) is 0 Å². The number of benzene rings is 1. The van der Waals surface area contributed by atoms with Crippen molar-refractivity contribution < 1.29 is 4.79 Å². The Morgan fingerprint density at radius 1 is 1.11 bits per heavy atom. The highest BCUT2D eigenvalue weighted by molar-refractivity contribution is 5.99. The number of hydrogen-bond donors (Lipinski definition) is 1. The molecular weight excluding hydrogens is 352 g/mol. The third kappa shape index (κ3) is 3.45.